The van der Waals surface area contributed by atoms with Gasteiger partial charge in [-0.1, -0.05) is 6.08 Å². The molecule has 1 heterocycles. The number of hydrogen-bond donors (Lipinski definition) is 1. The number of Topliss-reactive ketones (excluding diaryl/α,β-unsaturated/α-hetero) is 1. The van der Waals surface area contributed by atoms with Gasteiger partial charge in [0.2, 0.25) is 5.78 Å². The van der Waals surface area contributed by atoms with E-state index in [9.17, 15) is 9.59 Å². The Labute approximate surface area is 58.4 Å². The van der Waals surface area contributed by atoms with E-state index in [1.807, 2.05) is 0 Å². The van der Waals surface area contributed by atoms with E-state index >= 15 is 0 Å². The molecule has 1 rings (SSSR count). The van der Waals surface area contributed by atoms with Gasteiger partial charge in [-0.05, 0) is 6.42 Å². The number of carbonyl (C=O) groups excluding carboxylic acids is 2. The van der Waals surface area contributed by atoms with E-state index in [2.05, 4.69) is 11.9 Å². The van der Waals surface area contributed by atoms with Crippen LogP contribution in [0, 0.1) is 0 Å². The fourth-order valence-corrected chi connectivity index (χ4v) is 0.737. The predicted molar refractivity (Wildman–Crippen MR) is 36.0 cm³/mol. The lowest BCUT2D eigenvalue weighted by atomic mass is 10.1. The van der Waals surface area contributed by atoms with Crippen molar-refractivity contribution in [3.63, 3.8) is 0 Å². The molecule has 0 aromatic rings. The highest BCUT2D eigenvalue weighted by molar-refractivity contribution is 6.44. The SMILES string of the molecule is C=CCC1=CNC(=O)C1=O. The van der Waals surface area contributed by atoms with Gasteiger partial charge in [0.25, 0.3) is 5.91 Å². The summed E-state index contributed by atoms with van der Waals surface area (Å²) in [5.41, 5.74) is 0.486. The molecule has 10 heavy (non-hydrogen) atoms. The molecule has 1 aliphatic rings. The lowest BCUT2D eigenvalue weighted by Crippen LogP contribution is -2.19. The Balaban J connectivity index is 2.71. The zero-order valence-corrected chi connectivity index (χ0v) is 5.39. The van der Waals surface area contributed by atoms with Crippen LogP contribution in [-0.2, 0) is 9.59 Å². The van der Waals surface area contributed by atoms with E-state index in [1.54, 1.807) is 6.08 Å². The minimum absolute atomic E-state index is 0.445. The predicted octanol–water partition coefficient (Wildman–Crippen LogP) is 0.145. The summed E-state index contributed by atoms with van der Waals surface area (Å²) in [6.45, 7) is 3.45. The Hall–Kier alpha value is -1.38. The van der Waals surface area contributed by atoms with E-state index in [4.69, 9.17) is 0 Å². The highest BCUT2D eigenvalue weighted by Gasteiger charge is 2.22. The first-order valence-electron chi connectivity index (χ1n) is 2.91. The minimum Gasteiger partial charge on any atom is -0.325 e. The van der Waals surface area contributed by atoms with Gasteiger partial charge >= 0.3 is 0 Å². The van der Waals surface area contributed by atoms with Crippen LogP contribution in [0.25, 0.3) is 0 Å². The Morgan fingerprint density at radius 1 is 1.60 bits per heavy atom. The second-order valence-electron chi connectivity index (χ2n) is 1.96. The van der Waals surface area contributed by atoms with E-state index < -0.39 is 11.7 Å². The second-order valence-corrected chi connectivity index (χ2v) is 1.96. The van der Waals surface area contributed by atoms with Gasteiger partial charge in [0.1, 0.15) is 0 Å². The first-order chi connectivity index (χ1) is 4.75. The van der Waals surface area contributed by atoms with Gasteiger partial charge in [0.15, 0.2) is 0 Å². The van der Waals surface area contributed by atoms with Crippen LogP contribution in [0.1, 0.15) is 6.42 Å². The van der Waals surface area contributed by atoms with Crippen molar-refractivity contribution < 1.29 is 9.59 Å². The topological polar surface area (TPSA) is 46.2 Å². The van der Waals surface area contributed by atoms with Crippen LogP contribution in [-0.4, -0.2) is 11.7 Å². The molecule has 0 unspecified atom stereocenters. The molecule has 0 aromatic carbocycles. The Morgan fingerprint density at radius 3 is 2.70 bits per heavy atom. The average molecular weight is 137 g/mol. The van der Waals surface area contributed by atoms with Crippen LogP contribution in [0.2, 0.25) is 0 Å². The smallest absolute Gasteiger partial charge is 0.296 e. The highest BCUT2D eigenvalue weighted by atomic mass is 16.2. The Morgan fingerprint density at radius 2 is 2.30 bits per heavy atom. The fraction of sp³-hybridized carbons (Fsp3) is 0.143. The van der Waals surface area contributed by atoms with Crippen LogP contribution < -0.4 is 5.32 Å². The first kappa shape index (κ1) is 6.74. The van der Waals surface area contributed by atoms with Crippen molar-refractivity contribution in [1.82, 2.24) is 5.32 Å². The number of nitrogens with one attached hydrogen (secondary N) is 1. The monoisotopic (exact) mass is 137 g/mol. The summed E-state index contributed by atoms with van der Waals surface area (Å²) in [6, 6.07) is 0. The third-order valence-corrected chi connectivity index (χ3v) is 1.24. The molecule has 0 radical (unpaired) electrons. The fourth-order valence-electron chi connectivity index (χ4n) is 0.737. The summed E-state index contributed by atoms with van der Waals surface area (Å²) < 4.78 is 0. The number of ketones is 1. The van der Waals surface area contributed by atoms with E-state index in [0.717, 1.165) is 0 Å². The molecule has 1 aliphatic heterocycles. The third kappa shape index (κ3) is 0.978. The van der Waals surface area contributed by atoms with Gasteiger partial charge in [-0.3, -0.25) is 9.59 Å². The molecule has 0 bridgehead atoms. The number of amides is 1. The minimum atomic E-state index is -0.545. The summed E-state index contributed by atoms with van der Waals surface area (Å²) in [5, 5.41) is 2.31. The molecule has 0 spiro atoms. The maximum absolute atomic E-state index is 10.8. The van der Waals surface area contributed by atoms with Crippen molar-refractivity contribution >= 4 is 11.7 Å². The van der Waals surface area contributed by atoms with Crippen molar-refractivity contribution in [3.8, 4) is 0 Å². The average Bonchev–Trinajstić information content (AvgIpc) is 2.20. The van der Waals surface area contributed by atoms with Gasteiger partial charge in [-0.2, -0.15) is 0 Å². The van der Waals surface area contributed by atoms with Crippen LogP contribution in [0.15, 0.2) is 24.4 Å². The molecule has 1 amide bonds. The summed E-state index contributed by atoms with van der Waals surface area (Å²) in [6.07, 6.45) is 3.47. The molecule has 0 fully saturated rings. The normalized spacial score (nSPS) is 16.6. The molecular weight excluding hydrogens is 130 g/mol. The molecule has 52 valence electrons. The van der Waals surface area contributed by atoms with Gasteiger partial charge < -0.3 is 5.32 Å². The summed E-state index contributed by atoms with van der Waals surface area (Å²) in [4.78, 5) is 21.3. The molecule has 0 aromatic heterocycles. The summed E-state index contributed by atoms with van der Waals surface area (Å²) in [7, 11) is 0. The number of allylic oxidation sites excluding steroid dienone is 1. The zero-order chi connectivity index (χ0) is 7.56. The molecular formula is C7H7NO2. The standard InChI is InChI=1S/C7H7NO2/c1-2-3-5-4-8-7(10)6(5)9/h2,4H,1,3H2,(H,8,9,10). The van der Waals surface area contributed by atoms with Gasteiger partial charge in [0.05, 0.1) is 0 Å². The highest BCUT2D eigenvalue weighted by Crippen LogP contribution is 2.06. The molecule has 0 saturated carbocycles. The third-order valence-electron chi connectivity index (χ3n) is 1.24. The second kappa shape index (κ2) is 2.47. The largest absolute Gasteiger partial charge is 0.325 e. The maximum Gasteiger partial charge on any atom is 0.296 e. The molecule has 3 nitrogen and oxygen atoms in total. The lowest BCUT2D eigenvalue weighted by molar-refractivity contribution is -0.134. The van der Waals surface area contributed by atoms with Crippen molar-refractivity contribution in [2.24, 2.45) is 0 Å². The van der Waals surface area contributed by atoms with Crippen LogP contribution in [0.3, 0.4) is 0 Å². The van der Waals surface area contributed by atoms with Crippen molar-refractivity contribution in [1.29, 1.82) is 0 Å². The van der Waals surface area contributed by atoms with Gasteiger partial charge in [-0.25, -0.2) is 0 Å². The van der Waals surface area contributed by atoms with E-state index in [0.29, 0.717) is 12.0 Å². The van der Waals surface area contributed by atoms with E-state index in [-0.39, 0.29) is 0 Å². The molecule has 0 atom stereocenters. The van der Waals surface area contributed by atoms with Crippen molar-refractivity contribution in [2.75, 3.05) is 0 Å². The zero-order valence-electron chi connectivity index (χ0n) is 5.39. The Bertz CT molecular complexity index is 228. The van der Waals surface area contributed by atoms with Crippen LogP contribution >= 0.6 is 0 Å². The van der Waals surface area contributed by atoms with Gasteiger partial charge in [-0.15, -0.1) is 6.58 Å². The summed E-state index contributed by atoms with van der Waals surface area (Å²) in [5.74, 6) is -0.989. The van der Waals surface area contributed by atoms with Crippen LogP contribution in [0.5, 0.6) is 0 Å². The number of rotatable bonds is 2. The van der Waals surface area contributed by atoms with Crippen molar-refractivity contribution in [2.45, 2.75) is 6.42 Å². The number of carbonyl (C=O) groups is 2. The number of hydrogen-bond acceptors (Lipinski definition) is 2. The molecule has 0 saturated heterocycles. The van der Waals surface area contributed by atoms with Gasteiger partial charge in [0, 0.05) is 11.8 Å². The lowest BCUT2D eigenvalue weighted by Gasteiger charge is -1.87. The van der Waals surface area contributed by atoms with E-state index in [1.165, 1.54) is 6.20 Å². The van der Waals surface area contributed by atoms with Crippen LogP contribution in [0.4, 0.5) is 0 Å². The quantitative estimate of drug-likeness (QED) is 0.435. The summed E-state index contributed by atoms with van der Waals surface area (Å²) >= 11 is 0. The Kier molecular flexibility index (Phi) is 1.67. The molecule has 1 N–H and O–H groups in total. The van der Waals surface area contributed by atoms with Crippen molar-refractivity contribution in [3.05, 3.63) is 24.4 Å². The molecule has 3 heteroatoms. The molecule has 0 aliphatic carbocycles. The maximum atomic E-state index is 10.8. The first-order valence-corrected chi connectivity index (χ1v) is 2.91.